The minimum Gasteiger partial charge on any atom is -0.495 e. The van der Waals surface area contributed by atoms with E-state index in [1.807, 2.05) is 13.0 Å². The Labute approximate surface area is 166 Å². The topological polar surface area (TPSA) is 102 Å². The van der Waals surface area contributed by atoms with E-state index in [0.717, 1.165) is 22.6 Å². The zero-order valence-electron chi connectivity index (χ0n) is 15.8. The molecule has 8 nitrogen and oxygen atoms in total. The quantitative estimate of drug-likeness (QED) is 0.595. The van der Waals surface area contributed by atoms with Crippen LogP contribution >= 0.6 is 0 Å². The number of imide groups is 1. The van der Waals surface area contributed by atoms with Crippen molar-refractivity contribution >= 4 is 35.1 Å². The van der Waals surface area contributed by atoms with E-state index in [4.69, 9.17) is 9.47 Å². The van der Waals surface area contributed by atoms with Crippen molar-refractivity contribution in [2.24, 2.45) is 0 Å². The fraction of sp³-hybridized carbons (Fsp3) is 0.143. The van der Waals surface area contributed by atoms with E-state index in [1.54, 1.807) is 12.1 Å². The van der Waals surface area contributed by atoms with Crippen LogP contribution in [0.15, 0.2) is 54.6 Å². The lowest BCUT2D eigenvalue weighted by atomic mass is 10.2. The molecule has 1 aliphatic heterocycles. The number of rotatable bonds is 6. The molecule has 2 aromatic carbocycles. The van der Waals surface area contributed by atoms with Gasteiger partial charge in [0.1, 0.15) is 5.75 Å². The molecule has 0 aromatic heterocycles. The largest absolute Gasteiger partial charge is 0.495 e. The van der Waals surface area contributed by atoms with E-state index in [2.05, 4.69) is 5.32 Å². The molecule has 148 valence electrons. The Hall–Kier alpha value is -3.94. The first kappa shape index (κ1) is 19.8. The van der Waals surface area contributed by atoms with Crippen LogP contribution in [-0.4, -0.2) is 37.4 Å². The molecule has 1 N–H and O–H groups in total. The third kappa shape index (κ3) is 4.49. The fourth-order valence-corrected chi connectivity index (χ4v) is 2.75. The molecule has 0 saturated heterocycles. The third-order valence-corrected chi connectivity index (χ3v) is 4.11. The number of methoxy groups -OCH3 is 1. The number of ether oxygens (including phenoxy) is 2. The lowest BCUT2D eigenvalue weighted by Crippen LogP contribution is -2.29. The molecule has 0 unspecified atom stereocenters. The first-order chi connectivity index (χ1) is 13.9. The normalized spacial score (nSPS) is 12.8. The zero-order chi connectivity index (χ0) is 21.0. The van der Waals surface area contributed by atoms with Crippen molar-refractivity contribution in [2.75, 3.05) is 23.9 Å². The van der Waals surface area contributed by atoms with E-state index in [-0.39, 0.29) is 11.3 Å². The van der Waals surface area contributed by atoms with Crippen molar-refractivity contribution in [3.8, 4) is 5.75 Å². The smallest absolute Gasteiger partial charge is 0.338 e. The maximum Gasteiger partial charge on any atom is 0.338 e. The summed E-state index contributed by atoms with van der Waals surface area (Å²) < 4.78 is 10.2. The minimum absolute atomic E-state index is 0.107. The molecule has 0 bridgehead atoms. The van der Waals surface area contributed by atoms with Crippen molar-refractivity contribution in [2.45, 2.75) is 6.92 Å². The third-order valence-electron chi connectivity index (χ3n) is 4.11. The summed E-state index contributed by atoms with van der Waals surface area (Å²) >= 11 is 0. The first-order valence-corrected chi connectivity index (χ1v) is 8.67. The molecular formula is C21H18N2O6. The van der Waals surface area contributed by atoms with E-state index in [9.17, 15) is 19.2 Å². The number of amides is 3. The summed E-state index contributed by atoms with van der Waals surface area (Å²) in [6, 6.07) is 11.2. The second-order valence-corrected chi connectivity index (χ2v) is 6.22. The molecule has 3 amide bonds. The average molecular weight is 394 g/mol. The van der Waals surface area contributed by atoms with E-state index < -0.39 is 30.3 Å². The van der Waals surface area contributed by atoms with E-state index in [1.165, 1.54) is 31.4 Å². The highest BCUT2D eigenvalue weighted by Crippen LogP contribution is 2.25. The Balaban J connectivity index is 1.63. The van der Waals surface area contributed by atoms with Gasteiger partial charge >= 0.3 is 5.97 Å². The minimum atomic E-state index is -0.759. The maximum atomic E-state index is 12.3. The predicted molar refractivity (Wildman–Crippen MR) is 105 cm³/mol. The standard InChI is InChI=1S/C21H18N2O6/c1-13-6-7-17(28-2)16(10-13)22-18(24)12-29-21(27)14-4-3-5-15(11-14)23-19(25)8-9-20(23)26/h3-11H,12H2,1-2H3,(H,22,24). The molecule has 0 aliphatic carbocycles. The predicted octanol–water partition coefficient (Wildman–Crippen LogP) is 2.23. The van der Waals surface area contributed by atoms with Gasteiger partial charge in [-0.25, -0.2) is 9.69 Å². The first-order valence-electron chi connectivity index (χ1n) is 8.67. The summed E-state index contributed by atoms with van der Waals surface area (Å²) in [6.07, 6.45) is 2.30. The Bertz CT molecular complexity index is 1010. The molecule has 3 rings (SSSR count). The lowest BCUT2D eigenvalue weighted by Gasteiger charge is -2.14. The van der Waals surface area contributed by atoms with Gasteiger partial charge in [-0.3, -0.25) is 14.4 Å². The molecule has 0 radical (unpaired) electrons. The van der Waals surface area contributed by atoms with E-state index >= 15 is 0 Å². The van der Waals surface area contributed by atoms with Gasteiger partial charge in [0.05, 0.1) is 24.0 Å². The van der Waals surface area contributed by atoms with Gasteiger partial charge in [0.2, 0.25) is 0 Å². The number of carbonyl (C=O) groups excluding carboxylic acids is 4. The summed E-state index contributed by atoms with van der Waals surface area (Å²) in [7, 11) is 1.48. The average Bonchev–Trinajstić information content (AvgIpc) is 3.04. The number of carbonyl (C=O) groups is 4. The Kier molecular flexibility index (Phi) is 5.73. The Morgan fingerprint density at radius 1 is 1.03 bits per heavy atom. The molecule has 29 heavy (non-hydrogen) atoms. The summed E-state index contributed by atoms with van der Waals surface area (Å²) in [5, 5.41) is 2.63. The Morgan fingerprint density at radius 2 is 1.76 bits per heavy atom. The summed E-state index contributed by atoms with van der Waals surface area (Å²) in [4.78, 5) is 48.9. The van der Waals surface area contributed by atoms with Gasteiger partial charge < -0.3 is 14.8 Å². The molecule has 0 spiro atoms. The van der Waals surface area contributed by atoms with Gasteiger partial charge in [-0.1, -0.05) is 12.1 Å². The number of benzene rings is 2. The molecule has 8 heteroatoms. The van der Waals surface area contributed by atoms with Crippen LogP contribution in [0.4, 0.5) is 11.4 Å². The highest BCUT2D eigenvalue weighted by Gasteiger charge is 2.25. The highest BCUT2D eigenvalue weighted by atomic mass is 16.5. The number of aryl methyl sites for hydroxylation is 1. The molecule has 0 atom stereocenters. The highest BCUT2D eigenvalue weighted by molar-refractivity contribution is 6.28. The SMILES string of the molecule is COc1ccc(C)cc1NC(=O)COC(=O)c1cccc(N2C(=O)C=CC2=O)c1. The second-order valence-electron chi connectivity index (χ2n) is 6.22. The van der Waals surface area contributed by atoms with Crippen LogP contribution in [0.25, 0.3) is 0 Å². The van der Waals surface area contributed by atoms with Crippen LogP contribution in [0, 0.1) is 6.92 Å². The molecule has 0 fully saturated rings. The summed E-state index contributed by atoms with van der Waals surface area (Å²) in [6.45, 7) is 1.36. The Morgan fingerprint density at radius 3 is 2.45 bits per heavy atom. The van der Waals surface area contributed by atoms with Crippen LogP contribution in [0.2, 0.25) is 0 Å². The number of hydrogen-bond acceptors (Lipinski definition) is 6. The number of nitrogens with zero attached hydrogens (tertiary/aromatic N) is 1. The van der Waals surface area contributed by atoms with Gasteiger partial charge in [0.25, 0.3) is 17.7 Å². The van der Waals surface area contributed by atoms with Crippen LogP contribution in [0.5, 0.6) is 5.75 Å². The monoisotopic (exact) mass is 394 g/mol. The van der Waals surface area contributed by atoms with Gasteiger partial charge in [-0.2, -0.15) is 0 Å². The van der Waals surface area contributed by atoms with Gasteiger partial charge in [-0.15, -0.1) is 0 Å². The zero-order valence-corrected chi connectivity index (χ0v) is 15.8. The van der Waals surface area contributed by atoms with Gasteiger partial charge in [0, 0.05) is 12.2 Å². The van der Waals surface area contributed by atoms with Crippen LogP contribution in [-0.2, 0) is 19.1 Å². The number of hydrogen-bond donors (Lipinski definition) is 1. The number of anilines is 2. The molecule has 0 saturated carbocycles. The number of nitrogens with one attached hydrogen (secondary N) is 1. The van der Waals surface area contributed by atoms with Crippen molar-refractivity contribution in [1.82, 2.24) is 0 Å². The molecule has 1 aliphatic rings. The van der Waals surface area contributed by atoms with Gasteiger partial charge in [-0.05, 0) is 42.8 Å². The molecule has 2 aromatic rings. The van der Waals surface area contributed by atoms with Crippen molar-refractivity contribution in [1.29, 1.82) is 0 Å². The second kappa shape index (κ2) is 8.39. The maximum absolute atomic E-state index is 12.3. The van der Waals surface area contributed by atoms with Crippen molar-refractivity contribution in [3.05, 3.63) is 65.7 Å². The lowest BCUT2D eigenvalue weighted by molar-refractivity contribution is -0.120. The van der Waals surface area contributed by atoms with Crippen LogP contribution in [0.3, 0.4) is 0 Å². The van der Waals surface area contributed by atoms with E-state index in [0.29, 0.717) is 11.4 Å². The van der Waals surface area contributed by atoms with Crippen molar-refractivity contribution in [3.63, 3.8) is 0 Å². The molecular weight excluding hydrogens is 376 g/mol. The number of esters is 1. The summed E-state index contributed by atoms with van der Waals surface area (Å²) in [5.74, 6) is -1.80. The molecule has 1 heterocycles. The van der Waals surface area contributed by atoms with Gasteiger partial charge in [0.15, 0.2) is 6.61 Å². The summed E-state index contributed by atoms with van der Waals surface area (Å²) in [5.41, 5.74) is 1.74. The van der Waals surface area contributed by atoms with Crippen molar-refractivity contribution < 1.29 is 28.7 Å². The fourth-order valence-electron chi connectivity index (χ4n) is 2.75. The van der Waals surface area contributed by atoms with Crippen LogP contribution < -0.4 is 15.0 Å². The van der Waals surface area contributed by atoms with Crippen LogP contribution in [0.1, 0.15) is 15.9 Å².